The number of hydrogen-bond donors (Lipinski definition) is 2. The van der Waals surface area contributed by atoms with E-state index in [1.54, 1.807) is 0 Å². The van der Waals surface area contributed by atoms with Gasteiger partial charge in [0.15, 0.2) is 11.9 Å². The molecule has 0 heterocycles. The summed E-state index contributed by atoms with van der Waals surface area (Å²) in [6.45, 7) is 15.4. The molecule has 0 fully saturated rings. The summed E-state index contributed by atoms with van der Waals surface area (Å²) in [7, 11) is 0. The van der Waals surface area contributed by atoms with E-state index in [0.29, 0.717) is 0 Å². The Balaban J connectivity index is -0.0000000273. The SMILES string of the molecule is CC(=O)CCl.[CH2-]C(=O)O.[CH2-]C(=O)O.[CH2-]C(C)=O.[CH2-]C(C)=O.[Y].[Y]. The van der Waals surface area contributed by atoms with Crippen molar-refractivity contribution < 1.29 is 99.6 Å². The Hall–Kier alpha value is -0.0722. The van der Waals surface area contributed by atoms with Crippen LogP contribution in [0, 0.1) is 27.7 Å². The van der Waals surface area contributed by atoms with Crippen LogP contribution in [0.3, 0.4) is 0 Å². The van der Waals surface area contributed by atoms with Gasteiger partial charge in [-0.05, 0) is 32.3 Å². The topological polar surface area (TPSA) is 126 Å². The van der Waals surface area contributed by atoms with Crippen LogP contribution in [0.5, 0.6) is 0 Å². The van der Waals surface area contributed by atoms with Gasteiger partial charge in [-0.3, -0.25) is 28.2 Å². The van der Waals surface area contributed by atoms with Crippen molar-refractivity contribution in [3.8, 4) is 0 Å². The molecule has 0 aliphatic heterocycles. The second-order valence-electron chi connectivity index (χ2n) is 3.03. The van der Waals surface area contributed by atoms with E-state index in [1.165, 1.54) is 20.8 Å². The molecule has 0 saturated heterocycles. The van der Waals surface area contributed by atoms with E-state index in [4.69, 9.17) is 31.4 Å². The number of alkyl halides is 1. The maximum absolute atomic E-state index is 9.68. The molecule has 0 rings (SSSR count). The third kappa shape index (κ3) is 2340. The molecule has 0 amide bonds. The van der Waals surface area contributed by atoms with Crippen molar-refractivity contribution >= 4 is 40.9 Å². The Morgan fingerprint density at radius 1 is 0.739 bits per heavy atom. The van der Waals surface area contributed by atoms with E-state index in [0.717, 1.165) is 0 Å². The zero-order valence-corrected chi connectivity index (χ0v) is 19.9. The number of halogens is 1. The van der Waals surface area contributed by atoms with Crippen molar-refractivity contribution in [2.24, 2.45) is 0 Å². The first kappa shape index (κ1) is 43.5. The van der Waals surface area contributed by atoms with Crippen LogP contribution in [0.25, 0.3) is 0 Å². The second kappa shape index (κ2) is 37.9. The van der Waals surface area contributed by atoms with E-state index in [-0.39, 0.29) is 88.6 Å². The molecule has 2 radical (unpaired) electrons. The normalized spacial score (nSPS) is 5.91. The molecule has 0 aromatic carbocycles. The molecule has 0 aromatic heterocycles. The van der Waals surface area contributed by atoms with Gasteiger partial charge in [-0.15, -0.1) is 11.6 Å². The van der Waals surface area contributed by atoms with Gasteiger partial charge in [-0.2, -0.15) is 0 Å². The molecule has 0 aliphatic rings. The van der Waals surface area contributed by atoms with Crippen LogP contribution in [-0.4, -0.2) is 45.4 Å². The number of carbonyl (C=O) groups is 5. The zero-order valence-electron chi connectivity index (χ0n) is 13.5. The summed E-state index contributed by atoms with van der Waals surface area (Å²) in [5.74, 6) is -2.17. The predicted molar refractivity (Wildman–Crippen MR) is 79.5 cm³/mol. The molecule has 0 spiro atoms. The number of carboxylic acid groups (broad SMARTS) is 2. The minimum atomic E-state index is -1.08. The number of Topliss-reactive ketones (excluding diaryl/α,β-unsaturated/α-hetero) is 3. The van der Waals surface area contributed by atoms with E-state index in [2.05, 4.69) is 27.7 Å². The first-order valence-electron chi connectivity index (χ1n) is 5.00. The fourth-order valence-electron chi connectivity index (χ4n) is 0. The quantitative estimate of drug-likeness (QED) is 0.410. The number of rotatable bonds is 1. The van der Waals surface area contributed by atoms with Crippen LogP contribution in [0.4, 0.5) is 0 Å². The molecule has 10 heteroatoms. The smallest absolute Gasteiger partial charge is 0.161 e. The zero-order chi connectivity index (χ0) is 18.6. The molecule has 0 atom stereocenters. The van der Waals surface area contributed by atoms with Crippen molar-refractivity contribution in [2.45, 2.75) is 20.8 Å². The average Bonchev–Trinajstić information content (AvgIpc) is 2.13. The Bertz CT molecular complexity index is 257. The summed E-state index contributed by atoms with van der Waals surface area (Å²) in [6, 6.07) is 0. The third-order valence-electron chi connectivity index (χ3n) is 0.188. The molecular weight excluding hydrogens is 481 g/mol. The Morgan fingerprint density at radius 2 is 0.783 bits per heavy atom. The molecular formula is C13H21ClO7Y2-4. The summed E-state index contributed by atoms with van der Waals surface area (Å²) < 4.78 is 0. The Labute approximate surface area is 193 Å². The number of aliphatic carboxylic acids is 2. The molecule has 132 valence electrons. The van der Waals surface area contributed by atoms with Gasteiger partial charge >= 0.3 is 0 Å². The van der Waals surface area contributed by atoms with Crippen LogP contribution < -0.4 is 0 Å². The van der Waals surface area contributed by atoms with Gasteiger partial charge in [-0.1, -0.05) is 0 Å². The molecule has 2 N–H and O–H groups in total. The number of hydrogen-bond acceptors (Lipinski definition) is 5. The molecule has 23 heavy (non-hydrogen) atoms. The van der Waals surface area contributed by atoms with Crippen LogP contribution in [-0.2, 0) is 89.4 Å². The van der Waals surface area contributed by atoms with E-state index in [1.807, 2.05) is 0 Å². The van der Waals surface area contributed by atoms with Crippen molar-refractivity contribution in [2.75, 3.05) is 5.88 Å². The van der Waals surface area contributed by atoms with Crippen LogP contribution >= 0.6 is 11.6 Å². The van der Waals surface area contributed by atoms with E-state index in [9.17, 15) is 14.4 Å². The standard InChI is InChI=1S/C3H5ClO.2C3H5O.2C2H3O2.2Y/c1-3(5)2-4;2*1-3(2)4;2*1-2(3)4;;/h2H2,1H3;2*1H2,2H3;2*1H2,(H,3,4);;/q;4*-1;;. The van der Waals surface area contributed by atoms with Crippen LogP contribution in [0.15, 0.2) is 0 Å². The summed E-state index contributed by atoms with van der Waals surface area (Å²) in [5.41, 5.74) is 0. The number of carboxylic acids is 2. The molecule has 7 nitrogen and oxygen atoms in total. The summed E-state index contributed by atoms with van der Waals surface area (Å²) in [4.78, 5) is 46.1. The van der Waals surface area contributed by atoms with Gasteiger partial charge in [0.25, 0.3) is 0 Å². The van der Waals surface area contributed by atoms with Crippen molar-refractivity contribution in [3.63, 3.8) is 0 Å². The Morgan fingerprint density at radius 3 is 0.783 bits per heavy atom. The van der Waals surface area contributed by atoms with Gasteiger partial charge in [-0.25, -0.2) is 0 Å². The minimum absolute atomic E-state index is 0. The van der Waals surface area contributed by atoms with Crippen molar-refractivity contribution in [1.82, 2.24) is 0 Å². The van der Waals surface area contributed by atoms with Gasteiger partial charge in [0.05, 0.1) is 5.88 Å². The van der Waals surface area contributed by atoms with Crippen molar-refractivity contribution in [1.29, 1.82) is 0 Å². The fraction of sp³-hybridized carbons (Fsp3) is 0.308. The maximum atomic E-state index is 9.68. The third-order valence-corrected chi connectivity index (χ3v) is 0.565. The number of ketones is 3. The summed E-state index contributed by atoms with van der Waals surface area (Å²) in [6.07, 6.45) is 0. The van der Waals surface area contributed by atoms with Crippen LogP contribution in [0.2, 0.25) is 0 Å². The Kier molecular flexibility index (Phi) is 71.5. The fourth-order valence-corrected chi connectivity index (χ4v) is 0. The van der Waals surface area contributed by atoms with Gasteiger partial charge in [0, 0.05) is 65.4 Å². The summed E-state index contributed by atoms with van der Waals surface area (Å²) >= 11 is 4.99. The minimum Gasteiger partial charge on any atom is -0.503 e. The largest absolute Gasteiger partial charge is 0.503 e. The summed E-state index contributed by atoms with van der Waals surface area (Å²) in [5, 5.41) is 14.6. The molecule has 0 saturated carbocycles. The van der Waals surface area contributed by atoms with Crippen molar-refractivity contribution in [3.05, 3.63) is 27.7 Å². The second-order valence-corrected chi connectivity index (χ2v) is 3.29. The van der Waals surface area contributed by atoms with E-state index < -0.39 is 11.9 Å². The first-order valence-corrected chi connectivity index (χ1v) is 5.54. The van der Waals surface area contributed by atoms with Gasteiger partial charge in [0.2, 0.25) is 0 Å². The molecule has 0 unspecified atom stereocenters. The maximum Gasteiger partial charge on any atom is 0.161 e. The first-order chi connectivity index (χ1) is 9.20. The van der Waals surface area contributed by atoms with Crippen LogP contribution in [0.1, 0.15) is 20.8 Å². The number of carbonyl (C=O) groups excluding carboxylic acids is 3. The molecule has 0 bridgehead atoms. The average molecular weight is 503 g/mol. The van der Waals surface area contributed by atoms with Gasteiger partial charge in [0.1, 0.15) is 5.78 Å². The monoisotopic (exact) mass is 502 g/mol. The van der Waals surface area contributed by atoms with Gasteiger partial charge < -0.3 is 33.6 Å². The van der Waals surface area contributed by atoms with E-state index >= 15 is 0 Å². The molecule has 0 aromatic rings. The predicted octanol–water partition coefficient (Wildman–Crippen LogP) is 1.44. The molecule has 0 aliphatic carbocycles.